The van der Waals surface area contributed by atoms with Crippen molar-refractivity contribution in [1.82, 2.24) is 10.3 Å². The number of aromatic nitrogens is 1. The zero-order valence-corrected chi connectivity index (χ0v) is 16.7. The Morgan fingerprint density at radius 1 is 1.48 bits per heavy atom. The van der Waals surface area contributed by atoms with Gasteiger partial charge in [0.15, 0.2) is 8.32 Å². The maximum Gasteiger partial charge on any atom is 0.405 e. The summed E-state index contributed by atoms with van der Waals surface area (Å²) in [5, 5.41) is 12.0. The van der Waals surface area contributed by atoms with Crippen LogP contribution in [-0.2, 0) is 4.43 Å². The largest absolute Gasteiger partial charge is 0.465 e. The number of nitrogens with zero attached hydrogens (tertiary/aromatic N) is 2. The van der Waals surface area contributed by atoms with Crippen molar-refractivity contribution in [1.29, 1.82) is 0 Å². The molecule has 0 bridgehead atoms. The first-order valence-electron chi connectivity index (χ1n) is 8.63. The molecule has 2 atom stereocenters. The number of hydrogen-bond acceptors (Lipinski definition) is 5. The van der Waals surface area contributed by atoms with E-state index in [1.54, 1.807) is 12.4 Å². The van der Waals surface area contributed by atoms with Crippen LogP contribution in [0, 0.1) is 0 Å². The smallest absolute Gasteiger partial charge is 0.405 e. The Morgan fingerprint density at radius 3 is 2.72 bits per heavy atom. The molecular formula is C17H30N4O3Si. The Morgan fingerprint density at radius 2 is 2.16 bits per heavy atom. The number of carboxylic acid groups (broad SMARTS) is 1. The molecule has 8 heteroatoms. The summed E-state index contributed by atoms with van der Waals surface area (Å²) in [7, 11) is -1.98. The molecule has 2 heterocycles. The Hall–Kier alpha value is -1.80. The third-order valence-corrected chi connectivity index (χ3v) is 9.78. The van der Waals surface area contributed by atoms with Crippen molar-refractivity contribution in [3.8, 4) is 0 Å². The highest BCUT2D eigenvalue weighted by Crippen LogP contribution is 2.38. The molecule has 0 radical (unpaired) electrons. The van der Waals surface area contributed by atoms with E-state index in [0.29, 0.717) is 12.2 Å². The van der Waals surface area contributed by atoms with Gasteiger partial charge < -0.3 is 25.5 Å². The van der Waals surface area contributed by atoms with Crippen LogP contribution in [0.15, 0.2) is 18.5 Å². The molecule has 1 saturated heterocycles. The van der Waals surface area contributed by atoms with Crippen molar-refractivity contribution in [3.05, 3.63) is 18.5 Å². The summed E-state index contributed by atoms with van der Waals surface area (Å²) in [5.41, 5.74) is 7.51. The summed E-state index contributed by atoms with van der Waals surface area (Å²) in [6.07, 6.45) is 2.91. The fourth-order valence-corrected chi connectivity index (χ4v) is 4.22. The Balaban J connectivity index is 2.18. The molecule has 7 nitrogen and oxygen atoms in total. The summed E-state index contributed by atoms with van der Waals surface area (Å²) in [4.78, 5) is 17.4. The molecule has 1 aromatic heterocycles. The van der Waals surface area contributed by atoms with E-state index in [1.807, 2.05) is 6.07 Å². The van der Waals surface area contributed by atoms with Crippen LogP contribution in [0.1, 0.15) is 27.2 Å². The number of nitrogens with two attached hydrogens (primary N) is 1. The van der Waals surface area contributed by atoms with Crippen LogP contribution in [0.25, 0.3) is 0 Å². The van der Waals surface area contributed by atoms with Crippen molar-refractivity contribution >= 4 is 25.8 Å². The highest BCUT2D eigenvalue weighted by Gasteiger charge is 2.42. The van der Waals surface area contributed by atoms with E-state index in [-0.39, 0.29) is 17.2 Å². The summed E-state index contributed by atoms with van der Waals surface area (Å²) < 4.78 is 6.51. The quantitative estimate of drug-likeness (QED) is 0.708. The number of nitrogen functional groups attached to an aromatic ring is 1. The number of rotatable bonds is 4. The second kappa shape index (κ2) is 7.21. The molecule has 0 saturated carbocycles. The van der Waals surface area contributed by atoms with Gasteiger partial charge in [-0.05, 0) is 30.6 Å². The van der Waals surface area contributed by atoms with Crippen LogP contribution in [0.3, 0.4) is 0 Å². The van der Waals surface area contributed by atoms with Crippen LogP contribution in [0.2, 0.25) is 18.1 Å². The first-order chi connectivity index (χ1) is 11.5. The molecule has 4 N–H and O–H groups in total. The van der Waals surface area contributed by atoms with Gasteiger partial charge in [-0.15, -0.1) is 0 Å². The molecular weight excluding hydrogens is 336 g/mol. The van der Waals surface area contributed by atoms with Crippen LogP contribution in [0.5, 0.6) is 0 Å². The minimum Gasteiger partial charge on any atom is -0.465 e. The van der Waals surface area contributed by atoms with Gasteiger partial charge in [0.2, 0.25) is 0 Å². The Bertz CT molecular complexity index is 618. The standard InChI is InChI=1S/C17H30N4O3Si/c1-17(2,3)25(4,5)24-15-7-9-21(11-13(15)20-16(22)23)14-6-8-19-10-12(14)18/h6,8,10,13,15,20H,7,9,11,18H2,1-5H3,(H,22,23)/t13-,15-/m1/s1. The van der Waals surface area contributed by atoms with E-state index in [2.05, 4.69) is 49.1 Å². The summed E-state index contributed by atoms with van der Waals surface area (Å²) in [5.74, 6) is 0. The second-order valence-corrected chi connectivity index (χ2v) is 12.9. The van der Waals surface area contributed by atoms with Crippen molar-refractivity contribution in [2.75, 3.05) is 23.7 Å². The van der Waals surface area contributed by atoms with Gasteiger partial charge in [0.1, 0.15) is 0 Å². The highest BCUT2D eigenvalue weighted by molar-refractivity contribution is 6.74. The first kappa shape index (κ1) is 19.5. The lowest BCUT2D eigenvalue weighted by molar-refractivity contribution is 0.110. The number of piperidine rings is 1. The maximum atomic E-state index is 11.3. The van der Waals surface area contributed by atoms with Gasteiger partial charge in [-0.25, -0.2) is 4.79 Å². The number of pyridine rings is 1. The fraction of sp³-hybridized carbons (Fsp3) is 0.647. The molecule has 1 amide bonds. The zero-order valence-electron chi connectivity index (χ0n) is 15.7. The van der Waals surface area contributed by atoms with Gasteiger partial charge >= 0.3 is 6.09 Å². The maximum absolute atomic E-state index is 11.3. The highest BCUT2D eigenvalue weighted by atomic mass is 28.4. The summed E-state index contributed by atoms with van der Waals surface area (Å²) in [6, 6.07) is 1.57. The van der Waals surface area contributed by atoms with E-state index in [1.165, 1.54) is 0 Å². The molecule has 1 aliphatic heterocycles. The van der Waals surface area contributed by atoms with Crippen molar-refractivity contribution < 1.29 is 14.3 Å². The average Bonchev–Trinajstić information content (AvgIpc) is 2.48. The Labute approximate surface area is 150 Å². The topological polar surface area (TPSA) is 101 Å². The average molecular weight is 367 g/mol. The van der Waals surface area contributed by atoms with Gasteiger partial charge in [0, 0.05) is 19.3 Å². The van der Waals surface area contributed by atoms with Gasteiger partial charge in [-0.1, -0.05) is 20.8 Å². The number of anilines is 2. The van der Waals surface area contributed by atoms with E-state index >= 15 is 0 Å². The number of hydrogen-bond donors (Lipinski definition) is 3. The van der Waals surface area contributed by atoms with Crippen molar-refractivity contribution in [2.45, 2.75) is 57.5 Å². The first-order valence-corrected chi connectivity index (χ1v) is 11.5. The number of nitrogens with one attached hydrogen (secondary N) is 1. The van der Waals surface area contributed by atoms with Crippen LogP contribution < -0.4 is 16.0 Å². The monoisotopic (exact) mass is 366 g/mol. The summed E-state index contributed by atoms with van der Waals surface area (Å²) in [6.45, 7) is 12.2. The predicted molar refractivity (Wildman–Crippen MR) is 102 cm³/mol. The van der Waals surface area contributed by atoms with E-state index in [0.717, 1.165) is 18.7 Å². The minimum atomic E-state index is -1.98. The van der Waals surface area contributed by atoms with Crippen molar-refractivity contribution in [2.24, 2.45) is 0 Å². The molecule has 1 aromatic rings. The van der Waals surface area contributed by atoms with Crippen LogP contribution >= 0.6 is 0 Å². The van der Waals surface area contributed by atoms with Crippen molar-refractivity contribution in [3.63, 3.8) is 0 Å². The molecule has 0 aliphatic carbocycles. The van der Waals surface area contributed by atoms with E-state index in [4.69, 9.17) is 10.2 Å². The van der Waals surface area contributed by atoms with Crippen LogP contribution in [0.4, 0.5) is 16.2 Å². The lowest BCUT2D eigenvalue weighted by atomic mass is 10.0. The molecule has 140 valence electrons. The van der Waals surface area contributed by atoms with E-state index < -0.39 is 14.4 Å². The molecule has 0 unspecified atom stereocenters. The van der Waals surface area contributed by atoms with Gasteiger partial charge in [0.25, 0.3) is 0 Å². The Kier molecular flexibility index (Phi) is 5.63. The molecule has 0 spiro atoms. The molecule has 25 heavy (non-hydrogen) atoms. The van der Waals surface area contributed by atoms with Gasteiger partial charge in [-0.2, -0.15) is 0 Å². The normalized spacial score (nSPS) is 21.9. The van der Waals surface area contributed by atoms with E-state index in [9.17, 15) is 9.90 Å². The van der Waals surface area contributed by atoms with Gasteiger partial charge in [-0.3, -0.25) is 4.98 Å². The molecule has 1 aliphatic rings. The number of amides is 1. The zero-order chi connectivity index (χ0) is 18.8. The molecule has 1 fully saturated rings. The molecule has 0 aromatic carbocycles. The molecule has 2 rings (SSSR count). The third-order valence-electron chi connectivity index (χ3n) is 5.28. The lowest BCUT2D eigenvalue weighted by Gasteiger charge is -2.45. The second-order valence-electron chi connectivity index (χ2n) is 8.14. The third kappa shape index (κ3) is 4.64. The number of carbonyl (C=O) groups is 1. The SMILES string of the molecule is CC(C)(C)[Si](C)(C)O[C@@H]1CCN(c2ccncc2N)C[C@H]1NC(=O)O. The lowest BCUT2D eigenvalue weighted by Crippen LogP contribution is -2.59. The fourth-order valence-electron chi connectivity index (χ4n) is 2.83. The summed E-state index contributed by atoms with van der Waals surface area (Å²) >= 11 is 0. The minimum absolute atomic E-state index is 0.0768. The van der Waals surface area contributed by atoms with Crippen LogP contribution in [-0.4, -0.2) is 49.7 Å². The van der Waals surface area contributed by atoms with Gasteiger partial charge in [0.05, 0.1) is 29.7 Å². The predicted octanol–water partition coefficient (Wildman–Crippen LogP) is 2.90.